The largest absolute Gasteiger partial charge is 0.497 e. The number of aryl methyl sites for hydroxylation is 1. The van der Waals surface area contributed by atoms with Crippen LogP contribution in [0.1, 0.15) is 38.8 Å². The summed E-state index contributed by atoms with van der Waals surface area (Å²) in [6, 6.07) is 19.0. The number of anilines is 1. The van der Waals surface area contributed by atoms with Crippen molar-refractivity contribution in [2.45, 2.75) is 57.6 Å². The first-order valence-corrected chi connectivity index (χ1v) is 14.6. The molecule has 214 valence electrons. The van der Waals surface area contributed by atoms with Gasteiger partial charge in [-0.1, -0.05) is 53.6 Å². The van der Waals surface area contributed by atoms with E-state index in [1.165, 1.54) is 24.1 Å². The van der Waals surface area contributed by atoms with Gasteiger partial charge in [0.1, 0.15) is 18.3 Å². The summed E-state index contributed by atoms with van der Waals surface area (Å²) in [5.74, 6) is -0.517. The number of carbonyl (C=O) groups excluding carboxylic acids is 2. The molecule has 0 aromatic heterocycles. The lowest BCUT2D eigenvalue weighted by Crippen LogP contribution is -2.54. The van der Waals surface area contributed by atoms with E-state index in [0.717, 1.165) is 9.87 Å². The summed E-state index contributed by atoms with van der Waals surface area (Å²) in [5, 5.41) is 3.33. The van der Waals surface area contributed by atoms with Crippen LogP contribution < -0.4 is 14.4 Å². The average molecular weight is 586 g/mol. The van der Waals surface area contributed by atoms with E-state index < -0.39 is 34.1 Å². The van der Waals surface area contributed by atoms with Crippen LogP contribution in [-0.2, 0) is 26.2 Å². The zero-order valence-electron chi connectivity index (χ0n) is 23.6. The van der Waals surface area contributed by atoms with Crippen molar-refractivity contribution in [1.82, 2.24) is 10.2 Å². The van der Waals surface area contributed by atoms with Gasteiger partial charge in [0.15, 0.2) is 0 Å². The molecule has 0 aliphatic rings. The zero-order chi connectivity index (χ0) is 29.7. The number of carbonyl (C=O) groups is 2. The highest BCUT2D eigenvalue weighted by molar-refractivity contribution is 7.92. The molecule has 3 rings (SSSR count). The Morgan fingerprint density at radius 2 is 1.65 bits per heavy atom. The standard InChI is InChI=1S/C30H36ClN3O5S/c1-21-14-16-26(17-15-21)40(37,38)34(24-11-9-12-25(18-24)39-6)20-28(35)33(19-23-10-7-8-13-27(23)31)22(2)29(36)32-30(3,4)5/h7-18,22H,19-20H2,1-6H3,(H,32,36)/t22-/m1/s1. The summed E-state index contributed by atoms with van der Waals surface area (Å²) in [5.41, 5.74) is 1.24. The Balaban J connectivity index is 2.07. The van der Waals surface area contributed by atoms with Gasteiger partial charge in [0, 0.05) is 23.2 Å². The van der Waals surface area contributed by atoms with Crippen LogP contribution in [0.15, 0.2) is 77.7 Å². The van der Waals surface area contributed by atoms with Crippen LogP contribution in [0.5, 0.6) is 5.75 Å². The van der Waals surface area contributed by atoms with E-state index in [2.05, 4.69) is 5.32 Å². The molecule has 0 saturated heterocycles. The van der Waals surface area contributed by atoms with E-state index in [4.69, 9.17) is 16.3 Å². The van der Waals surface area contributed by atoms with Crippen LogP contribution in [0, 0.1) is 6.92 Å². The minimum absolute atomic E-state index is 0.00770. The Labute approximate surface area is 241 Å². The van der Waals surface area contributed by atoms with Crippen LogP contribution in [0.4, 0.5) is 5.69 Å². The summed E-state index contributed by atoms with van der Waals surface area (Å²) < 4.78 is 34.2. The zero-order valence-corrected chi connectivity index (χ0v) is 25.2. The van der Waals surface area contributed by atoms with Crippen molar-refractivity contribution in [2.24, 2.45) is 0 Å². The maximum absolute atomic E-state index is 14.0. The summed E-state index contributed by atoms with van der Waals surface area (Å²) >= 11 is 6.41. The fourth-order valence-corrected chi connectivity index (χ4v) is 5.60. The third kappa shape index (κ3) is 7.76. The molecule has 0 bridgehead atoms. The molecule has 3 aromatic carbocycles. The fraction of sp³-hybridized carbons (Fsp3) is 0.333. The highest BCUT2D eigenvalue weighted by Gasteiger charge is 2.33. The van der Waals surface area contributed by atoms with Gasteiger partial charge in [-0.15, -0.1) is 0 Å². The molecule has 0 aliphatic heterocycles. The third-order valence-corrected chi connectivity index (χ3v) is 8.35. The van der Waals surface area contributed by atoms with Crippen molar-refractivity contribution >= 4 is 39.1 Å². The van der Waals surface area contributed by atoms with Crippen molar-refractivity contribution in [3.05, 3.63) is 88.9 Å². The van der Waals surface area contributed by atoms with E-state index in [1.54, 1.807) is 67.6 Å². The SMILES string of the molecule is COc1cccc(N(CC(=O)N(Cc2ccccc2Cl)[C@H](C)C(=O)NC(C)(C)C)S(=O)(=O)c2ccc(C)cc2)c1. The van der Waals surface area contributed by atoms with Gasteiger partial charge in [-0.2, -0.15) is 0 Å². The van der Waals surface area contributed by atoms with E-state index in [9.17, 15) is 18.0 Å². The van der Waals surface area contributed by atoms with E-state index in [1.807, 2.05) is 27.7 Å². The molecule has 3 aromatic rings. The molecular formula is C30H36ClN3O5S. The van der Waals surface area contributed by atoms with Gasteiger partial charge in [0.2, 0.25) is 11.8 Å². The van der Waals surface area contributed by atoms with Crippen LogP contribution in [0.25, 0.3) is 0 Å². The normalized spacial score (nSPS) is 12.4. The van der Waals surface area contributed by atoms with Gasteiger partial charge in [-0.3, -0.25) is 13.9 Å². The van der Waals surface area contributed by atoms with Crippen LogP contribution in [-0.4, -0.2) is 50.4 Å². The lowest BCUT2D eigenvalue weighted by molar-refractivity contribution is -0.140. The van der Waals surface area contributed by atoms with Crippen LogP contribution in [0.2, 0.25) is 5.02 Å². The fourth-order valence-electron chi connectivity index (χ4n) is 4.00. The molecule has 10 heteroatoms. The number of nitrogens with zero attached hydrogens (tertiary/aromatic N) is 2. The first kappa shape index (κ1) is 31.0. The van der Waals surface area contributed by atoms with Gasteiger partial charge < -0.3 is 15.0 Å². The number of hydrogen-bond donors (Lipinski definition) is 1. The predicted molar refractivity (Wildman–Crippen MR) is 158 cm³/mol. The molecule has 0 unspecified atom stereocenters. The molecule has 8 nitrogen and oxygen atoms in total. The summed E-state index contributed by atoms with van der Waals surface area (Å²) in [7, 11) is -2.70. The van der Waals surface area contributed by atoms with Crippen molar-refractivity contribution in [2.75, 3.05) is 18.0 Å². The average Bonchev–Trinajstić information content (AvgIpc) is 2.90. The highest BCUT2D eigenvalue weighted by Crippen LogP contribution is 2.28. The number of halogens is 1. The first-order valence-electron chi connectivity index (χ1n) is 12.8. The molecule has 1 N–H and O–H groups in total. The number of rotatable bonds is 10. The van der Waals surface area contributed by atoms with Gasteiger partial charge >= 0.3 is 0 Å². The Morgan fingerprint density at radius 3 is 2.25 bits per heavy atom. The van der Waals surface area contributed by atoms with Gasteiger partial charge in [0.05, 0.1) is 17.7 Å². The quantitative estimate of drug-likeness (QED) is 0.353. The van der Waals surface area contributed by atoms with Crippen molar-refractivity contribution < 1.29 is 22.7 Å². The maximum Gasteiger partial charge on any atom is 0.264 e. The third-order valence-electron chi connectivity index (χ3n) is 6.19. The monoisotopic (exact) mass is 585 g/mol. The number of amides is 2. The molecular weight excluding hydrogens is 550 g/mol. The van der Waals surface area contributed by atoms with Crippen molar-refractivity contribution in [1.29, 1.82) is 0 Å². The Bertz CT molecular complexity index is 1450. The van der Waals surface area contributed by atoms with E-state index in [0.29, 0.717) is 16.3 Å². The highest BCUT2D eigenvalue weighted by atomic mass is 35.5. The number of ether oxygens (including phenoxy) is 1. The number of methoxy groups -OCH3 is 1. The molecule has 0 radical (unpaired) electrons. The lowest BCUT2D eigenvalue weighted by Gasteiger charge is -2.33. The smallest absolute Gasteiger partial charge is 0.264 e. The number of hydrogen-bond acceptors (Lipinski definition) is 5. The summed E-state index contributed by atoms with van der Waals surface area (Å²) in [6.07, 6.45) is 0. The Kier molecular flexibility index (Phi) is 9.87. The summed E-state index contributed by atoms with van der Waals surface area (Å²) in [6.45, 7) is 8.45. The second-order valence-corrected chi connectivity index (χ2v) is 12.8. The first-order chi connectivity index (χ1) is 18.7. The minimum atomic E-state index is -4.18. The number of nitrogens with one attached hydrogen (secondary N) is 1. The predicted octanol–water partition coefficient (Wildman–Crippen LogP) is 5.18. The second kappa shape index (κ2) is 12.7. The van der Waals surface area contributed by atoms with Crippen molar-refractivity contribution in [3.63, 3.8) is 0 Å². The molecule has 2 amide bonds. The van der Waals surface area contributed by atoms with Crippen molar-refractivity contribution in [3.8, 4) is 5.75 Å². The van der Waals surface area contributed by atoms with Crippen LogP contribution in [0.3, 0.4) is 0 Å². The van der Waals surface area contributed by atoms with Gasteiger partial charge in [0.25, 0.3) is 10.0 Å². The molecule has 1 atom stereocenters. The van der Waals surface area contributed by atoms with Crippen LogP contribution >= 0.6 is 11.6 Å². The summed E-state index contributed by atoms with van der Waals surface area (Å²) in [4.78, 5) is 28.6. The van der Waals surface area contributed by atoms with E-state index >= 15 is 0 Å². The number of sulfonamides is 1. The van der Waals surface area contributed by atoms with Gasteiger partial charge in [-0.05, 0) is 70.5 Å². The molecule has 40 heavy (non-hydrogen) atoms. The second-order valence-electron chi connectivity index (χ2n) is 10.6. The number of benzene rings is 3. The molecule has 0 fully saturated rings. The van der Waals surface area contributed by atoms with E-state index in [-0.39, 0.29) is 23.0 Å². The molecule has 0 saturated carbocycles. The topological polar surface area (TPSA) is 96.0 Å². The molecule has 0 spiro atoms. The minimum Gasteiger partial charge on any atom is -0.497 e. The Hall–Kier alpha value is -3.56. The Morgan fingerprint density at radius 1 is 1.00 bits per heavy atom. The maximum atomic E-state index is 14.0. The lowest BCUT2D eigenvalue weighted by atomic mass is 10.1. The molecule has 0 aliphatic carbocycles. The molecule has 0 heterocycles. The van der Waals surface area contributed by atoms with Gasteiger partial charge in [-0.25, -0.2) is 8.42 Å².